The van der Waals surface area contributed by atoms with E-state index in [1.54, 1.807) is 24.0 Å². The Balaban J connectivity index is 1.42. The van der Waals surface area contributed by atoms with Crippen molar-refractivity contribution in [1.82, 2.24) is 14.2 Å². The molecule has 31 heavy (non-hydrogen) atoms. The van der Waals surface area contributed by atoms with Crippen LogP contribution in [0.5, 0.6) is 0 Å². The third-order valence-corrected chi connectivity index (χ3v) is 8.00. The van der Waals surface area contributed by atoms with E-state index < -0.39 is 10.0 Å². The fraction of sp³-hybridized carbons (Fsp3) is 0.545. The van der Waals surface area contributed by atoms with Crippen molar-refractivity contribution >= 4 is 15.9 Å². The zero-order valence-corrected chi connectivity index (χ0v) is 18.9. The van der Waals surface area contributed by atoms with E-state index in [9.17, 15) is 13.2 Å². The van der Waals surface area contributed by atoms with Crippen molar-refractivity contribution in [2.75, 3.05) is 39.4 Å². The number of sulfonamides is 1. The molecule has 0 unspecified atom stereocenters. The summed E-state index contributed by atoms with van der Waals surface area (Å²) in [6.07, 6.45) is 2.09. The molecule has 4 rings (SSSR count). The Labute approximate surface area is 183 Å². The first-order chi connectivity index (χ1) is 14.9. The van der Waals surface area contributed by atoms with Gasteiger partial charge < -0.3 is 14.1 Å². The topological polar surface area (TPSA) is 93.0 Å². The number of benzene rings is 1. The maximum atomic E-state index is 13.0. The quantitative estimate of drug-likeness (QED) is 0.700. The van der Waals surface area contributed by atoms with E-state index in [2.05, 4.69) is 4.98 Å². The maximum absolute atomic E-state index is 13.0. The third-order valence-electron chi connectivity index (χ3n) is 6.09. The molecule has 9 heteroatoms. The molecule has 0 bridgehead atoms. The smallest absolute Gasteiger partial charge is 0.276 e. The average molecular weight is 448 g/mol. The van der Waals surface area contributed by atoms with Crippen LogP contribution in [0.3, 0.4) is 0 Å². The molecule has 1 amide bonds. The van der Waals surface area contributed by atoms with Crippen LogP contribution < -0.4 is 0 Å². The highest BCUT2D eigenvalue weighted by Gasteiger charge is 2.33. The Morgan fingerprint density at radius 2 is 1.74 bits per heavy atom. The minimum Gasteiger partial charge on any atom is -0.445 e. The van der Waals surface area contributed by atoms with Gasteiger partial charge in [-0.3, -0.25) is 4.79 Å². The van der Waals surface area contributed by atoms with Gasteiger partial charge in [-0.25, -0.2) is 13.4 Å². The number of piperidine rings is 1. The van der Waals surface area contributed by atoms with Gasteiger partial charge >= 0.3 is 0 Å². The second-order valence-corrected chi connectivity index (χ2v) is 9.98. The molecule has 0 radical (unpaired) electrons. The largest absolute Gasteiger partial charge is 0.445 e. The highest BCUT2D eigenvalue weighted by atomic mass is 32.2. The molecule has 2 fully saturated rings. The van der Waals surface area contributed by atoms with Crippen molar-refractivity contribution in [3.05, 3.63) is 47.2 Å². The molecule has 0 aliphatic carbocycles. The first-order valence-electron chi connectivity index (χ1n) is 10.8. The number of ether oxygens (including phenoxy) is 1. The molecular weight excluding hydrogens is 418 g/mol. The number of rotatable bonds is 5. The summed E-state index contributed by atoms with van der Waals surface area (Å²) in [5.74, 6) is 0.904. The van der Waals surface area contributed by atoms with Gasteiger partial charge in [-0.15, -0.1) is 0 Å². The molecule has 3 heterocycles. The van der Waals surface area contributed by atoms with E-state index in [1.807, 2.05) is 19.1 Å². The van der Waals surface area contributed by atoms with Crippen molar-refractivity contribution in [3.63, 3.8) is 0 Å². The van der Waals surface area contributed by atoms with Crippen molar-refractivity contribution < 1.29 is 22.4 Å². The summed E-state index contributed by atoms with van der Waals surface area (Å²) >= 11 is 0. The molecule has 0 N–H and O–H groups in total. The van der Waals surface area contributed by atoms with Gasteiger partial charge in [0.1, 0.15) is 5.76 Å². The van der Waals surface area contributed by atoms with Crippen LogP contribution in [0.1, 0.15) is 53.4 Å². The number of hydrogen-bond acceptors (Lipinski definition) is 6. The SMILES string of the molecule is CCc1ccc(S(=O)(=O)N2CCC(c3nc(C(=O)N4CCOCC4)c(C)o3)CC2)cc1. The average Bonchev–Trinajstić information content (AvgIpc) is 3.20. The number of carbonyl (C=O) groups excluding carboxylic acids is 1. The third kappa shape index (κ3) is 4.53. The predicted molar refractivity (Wildman–Crippen MR) is 115 cm³/mol. The summed E-state index contributed by atoms with van der Waals surface area (Å²) in [6, 6.07) is 7.09. The summed E-state index contributed by atoms with van der Waals surface area (Å²) in [5, 5.41) is 0. The summed E-state index contributed by atoms with van der Waals surface area (Å²) in [7, 11) is -3.51. The van der Waals surface area contributed by atoms with Gasteiger partial charge in [0.25, 0.3) is 5.91 Å². The van der Waals surface area contributed by atoms with Crippen LogP contribution in [0.15, 0.2) is 33.6 Å². The first-order valence-corrected chi connectivity index (χ1v) is 12.3. The summed E-state index contributed by atoms with van der Waals surface area (Å²) in [6.45, 7) is 6.76. The van der Waals surface area contributed by atoms with Gasteiger partial charge in [0.2, 0.25) is 10.0 Å². The lowest BCUT2D eigenvalue weighted by Gasteiger charge is -2.29. The first kappa shape index (κ1) is 22.0. The van der Waals surface area contributed by atoms with Gasteiger partial charge in [-0.05, 0) is 43.9 Å². The number of amides is 1. The summed E-state index contributed by atoms with van der Waals surface area (Å²) < 4.78 is 38.6. The highest BCUT2D eigenvalue weighted by Crippen LogP contribution is 2.31. The number of aromatic nitrogens is 1. The number of morpholine rings is 1. The Bertz CT molecular complexity index is 1020. The standard InChI is InChI=1S/C22H29N3O5S/c1-3-17-4-6-19(7-5-17)31(27,28)25-10-8-18(9-11-25)21-23-20(16(2)30-21)22(26)24-12-14-29-15-13-24/h4-7,18H,3,8-15H2,1-2H3. The number of nitrogens with zero attached hydrogens (tertiary/aromatic N) is 3. The molecule has 1 aromatic heterocycles. The van der Waals surface area contributed by atoms with Crippen LogP contribution >= 0.6 is 0 Å². The Kier molecular flexibility index (Phi) is 6.45. The molecule has 2 aliphatic rings. The number of carbonyl (C=O) groups is 1. The lowest BCUT2D eigenvalue weighted by atomic mass is 9.98. The Morgan fingerprint density at radius 3 is 2.35 bits per heavy atom. The second-order valence-electron chi connectivity index (χ2n) is 8.04. The summed E-state index contributed by atoms with van der Waals surface area (Å²) in [4.78, 5) is 19.3. The fourth-order valence-corrected chi connectivity index (χ4v) is 5.57. The minimum absolute atomic E-state index is 0.00106. The molecule has 8 nitrogen and oxygen atoms in total. The molecular formula is C22H29N3O5S. The molecule has 0 saturated carbocycles. The van der Waals surface area contributed by atoms with E-state index >= 15 is 0 Å². The van der Waals surface area contributed by atoms with Crippen molar-refractivity contribution in [2.24, 2.45) is 0 Å². The van der Waals surface area contributed by atoms with Gasteiger partial charge in [0.15, 0.2) is 11.6 Å². The van der Waals surface area contributed by atoms with E-state index in [0.29, 0.717) is 74.5 Å². The minimum atomic E-state index is -3.51. The van der Waals surface area contributed by atoms with Gasteiger partial charge in [0.05, 0.1) is 18.1 Å². The Hall–Kier alpha value is -2.23. The lowest BCUT2D eigenvalue weighted by molar-refractivity contribution is 0.0298. The molecule has 2 aliphatic heterocycles. The van der Waals surface area contributed by atoms with Crippen molar-refractivity contribution in [3.8, 4) is 0 Å². The van der Waals surface area contributed by atoms with Gasteiger partial charge in [-0.2, -0.15) is 4.31 Å². The lowest BCUT2D eigenvalue weighted by Crippen LogP contribution is -2.41. The number of oxazole rings is 1. The molecule has 2 aromatic rings. The van der Waals surface area contributed by atoms with E-state index in [-0.39, 0.29) is 11.8 Å². The molecule has 168 valence electrons. The highest BCUT2D eigenvalue weighted by molar-refractivity contribution is 7.89. The fourth-order valence-electron chi connectivity index (χ4n) is 4.10. The van der Waals surface area contributed by atoms with Crippen molar-refractivity contribution in [2.45, 2.75) is 43.9 Å². The molecule has 2 saturated heterocycles. The zero-order chi connectivity index (χ0) is 22.0. The zero-order valence-electron chi connectivity index (χ0n) is 18.0. The molecule has 1 aromatic carbocycles. The van der Waals surface area contributed by atoms with Crippen LogP contribution in [0.4, 0.5) is 0 Å². The number of hydrogen-bond donors (Lipinski definition) is 0. The van der Waals surface area contributed by atoms with Crippen LogP contribution in [-0.4, -0.2) is 67.9 Å². The van der Waals surface area contributed by atoms with Gasteiger partial charge in [-0.1, -0.05) is 19.1 Å². The number of aryl methyl sites for hydroxylation is 2. The second kappa shape index (κ2) is 9.10. The normalized spacial score (nSPS) is 19.0. The van der Waals surface area contributed by atoms with Crippen LogP contribution in [0.25, 0.3) is 0 Å². The van der Waals surface area contributed by atoms with E-state index in [1.165, 1.54) is 4.31 Å². The molecule has 0 spiro atoms. The summed E-state index contributed by atoms with van der Waals surface area (Å²) in [5.41, 5.74) is 1.46. The van der Waals surface area contributed by atoms with Crippen molar-refractivity contribution in [1.29, 1.82) is 0 Å². The van der Waals surface area contributed by atoms with Crippen LogP contribution in [-0.2, 0) is 21.2 Å². The molecule has 0 atom stereocenters. The maximum Gasteiger partial charge on any atom is 0.276 e. The van der Waals surface area contributed by atoms with E-state index in [0.717, 1.165) is 12.0 Å². The van der Waals surface area contributed by atoms with Crippen LogP contribution in [0.2, 0.25) is 0 Å². The predicted octanol–water partition coefficient (Wildman–Crippen LogP) is 2.59. The van der Waals surface area contributed by atoms with Crippen LogP contribution in [0, 0.1) is 6.92 Å². The Morgan fingerprint density at radius 1 is 1.10 bits per heavy atom. The van der Waals surface area contributed by atoms with Gasteiger partial charge in [0, 0.05) is 32.1 Å². The van der Waals surface area contributed by atoms with E-state index in [4.69, 9.17) is 9.15 Å². The monoisotopic (exact) mass is 447 g/mol.